The minimum Gasteiger partial charge on any atom is -0.160 e. The maximum Gasteiger partial charge on any atom is 0.0713 e. The van der Waals surface area contributed by atoms with E-state index in [0.29, 0.717) is 0 Å². The van der Waals surface area contributed by atoms with Gasteiger partial charge in [-0.2, -0.15) is 10.2 Å². The zero-order valence-electron chi connectivity index (χ0n) is 6.68. The van der Waals surface area contributed by atoms with Gasteiger partial charge in [-0.3, -0.25) is 0 Å². The largest absolute Gasteiger partial charge is 0.160 e. The maximum absolute atomic E-state index is 4.02. The molecule has 1 rings (SSSR count). The van der Waals surface area contributed by atoms with Crippen molar-refractivity contribution in [1.29, 1.82) is 0 Å². The van der Waals surface area contributed by atoms with Crippen molar-refractivity contribution in [1.82, 2.24) is 0 Å². The summed E-state index contributed by atoms with van der Waals surface area (Å²) in [5.41, 5.74) is 3.46. The lowest BCUT2D eigenvalue weighted by molar-refractivity contribution is 1.26. The Morgan fingerprint density at radius 1 is 1.50 bits per heavy atom. The van der Waals surface area contributed by atoms with Crippen LogP contribution in [-0.4, -0.2) is 11.4 Å². The van der Waals surface area contributed by atoms with Gasteiger partial charge in [0, 0.05) is 12.1 Å². The molecule has 0 radical (unpaired) electrons. The standard InChI is InChI=1S/C8H12N2/c1-4-6(2)8-5-7(3)9-10-8/h4H,5H2,1-3H3/b6-4+. The minimum atomic E-state index is 0.927. The number of nitrogens with zero attached hydrogens (tertiary/aromatic N) is 2. The molecular formula is C8H12N2. The van der Waals surface area contributed by atoms with Crippen LogP contribution < -0.4 is 0 Å². The summed E-state index contributed by atoms with van der Waals surface area (Å²) in [5.74, 6) is 0. The Balaban J connectivity index is 2.66. The molecule has 0 aliphatic carbocycles. The number of hydrogen-bond acceptors (Lipinski definition) is 2. The van der Waals surface area contributed by atoms with Crippen LogP contribution in [0, 0.1) is 0 Å². The van der Waals surface area contributed by atoms with Crippen LogP contribution in [0.4, 0.5) is 0 Å². The second-order valence-electron chi connectivity index (χ2n) is 2.53. The van der Waals surface area contributed by atoms with Crippen LogP contribution in [0.25, 0.3) is 0 Å². The molecule has 0 N–H and O–H groups in total. The lowest BCUT2D eigenvalue weighted by atomic mass is 10.1. The van der Waals surface area contributed by atoms with Crippen LogP contribution in [0.15, 0.2) is 21.9 Å². The fraction of sp³-hybridized carbons (Fsp3) is 0.500. The zero-order valence-corrected chi connectivity index (χ0v) is 6.68. The molecule has 0 unspecified atom stereocenters. The van der Waals surface area contributed by atoms with Gasteiger partial charge in [-0.1, -0.05) is 6.08 Å². The topological polar surface area (TPSA) is 24.7 Å². The van der Waals surface area contributed by atoms with Gasteiger partial charge in [0.2, 0.25) is 0 Å². The van der Waals surface area contributed by atoms with Crippen molar-refractivity contribution in [2.45, 2.75) is 27.2 Å². The number of hydrogen-bond donors (Lipinski definition) is 0. The fourth-order valence-corrected chi connectivity index (χ4v) is 0.844. The van der Waals surface area contributed by atoms with E-state index in [1.807, 2.05) is 13.8 Å². The van der Waals surface area contributed by atoms with Gasteiger partial charge in [0.05, 0.1) is 5.71 Å². The van der Waals surface area contributed by atoms with Gasteiger partial charge in [0.15, 0.2) is 0 Å². The van der Waals surface area contributed by atoms with Crippen LogP contribution >= 0.6 is 0 Å². The van der Waals surface area contributed by atoms with Crippen LogP contribution in [0.3, 0.4) is 0 Å². The van der Waals surface area contributed by atoms with Crippen molar-refractivity contribution in [3.63, 3.8) is 0 Å². The Bertz CT molecular complexity index is 221. The van der Waals surface area contributed by atoms with Crippen molar-refractivity contribution in [2.24, 2.45) is 10.2 Å². The Hall–Kier alpha value is -0.920. The summed E-state index contributed by atoms with van der Waals surface area (Å²) < 4.78 is 0. The average molecular weight is 136 g/mol. The molecule has 0 atom stereocenters. The van der Waals surface area contributed by atoms with E-state index in [2.05, 4.69) is 23.2 Å². The Kier molecular flexibility index (Phi) is 2.00. The van der Waals surface area contributed by atoms with Crippen molar-refractivity contribution in [3.05, 3.63) is 11.6 Å². The van der Waals surface area contributed by atoms with E-state index < -0.39 is 0 Å². The van der Waals surface area contributed by atoms with Crippen molar-refractivity contribution >= 4 is 11.4 Å². The summed E-state index contributed by atoms with van der Waals surface area (Å²) in [5, 5.41) is 7.97. The van der Waals surface area contributed by atoms with E-state index in [1.54, 1.807) is 0 Å². The first-order valence-corrected chi connectivity index (χ1v) is 3.47. The highest BCUT2D eigenvalue weighted by molar-refractivity contribution is 6.13. The van der Waals surface area contributed by atoms with E-state index in [1.165, 1.54) is 5.57 Å². The highest BCUT2D eigenvalue weighted by Gasteiger charge is 2.08. The molecular weight excluding hydrogens is 124 g/mol. The molecule has 0 bridgehead atoms. The van der Waals surface area contributed by atoms with Crippen LogP contribution in [0.1, 0.15) is 27.2 Å². The normalized spacial score (nSPS) is 18.9. The minimum absolute atomic E-state index is 0.927. The van der Waals surface area contributed by atoms with E-state index in [9.17, 15) is 0 Å². The maximum atomic E-state index is 4.02. The van der Waals surface area contributed by atoms with Crippen molar-refractivity contribution in [2.75, 3.05) is 0 Å². The molecule has 1 heterocycles. The van der Waals surface area contributed by atoms with E-state index in [-0.39, 0.29) is 0 Å². The summed E-state index contributed by atoms with van der Waals surface area (Å²) in [6.45, 7) is 6.08. The van der Waals surface area contributed by atoms with Crippen LogP contribution in [0.2, 0.25) is 0 Å². The Labute approximate surface area is 61.4 Å². The molecule has 1 aliphatic rings. The van der Waals surface area contributed by atoms with Gasteiger partial charge in [0.1, 0.15) is 0 Å². The molecule has 1 aliphatic heterocycles. The van der Waals surface area contributed by atoms with Crippen molar-refractivity contribution < 1.29 is 0 Å². The van der Waals surface area contributed by atoms with Gasteiger partial charge >= 0.3 is 0 Å². The van der Waals surface area contributed by atoms with Crippen molar-refractivity contribution in [3.8, 4) is 0 Å². The van der Waals surface area contributed by atoms with Gasteiger partial charge in [-0.15, -0.1) is 0 Å². The lowest BCUT2D eigenvalue weighted by Gasteiger charge is -1.95. The molecule has 2 heteroatoms. The highest BCUT2D eigenvalue weighted by Crippen LogP contribution is 2.08. The molecule has 0 aromatic heterocycles. The quantitative estimate of drug-likeness (QED) is 0.527. The third kappa shape index (κ3) is 1.32. The lowest BCUT2D eigenvalue weighted by Crippen LogP contribution is -1.99. The predicted octanol–water partition coefficient (Wildman–Crippen LogP) is 2.17. The van der Waals surface area contributed by atoms with Crippen LogP contribution in [0.5, 0.6) is 0 Å². The van der Waals surface area contributed by atoms with Gasteiger partial charge in [0.25, 0.3) is 0 Å². The third-order valence-corrected chi connectivity index (χ3v) is 1.65. The second-order valence-corrected chi connectivity index (χ2v) is 2.53. The Morgan fingerprint density at radius 3 is 2.60 bits per heavy atom. The van der Waals surface area contributed by atoms with E-state index in [0.717, 1.165) is 17.8 Å². The highest BCUT2D eigenvalue weighted by atomic mass is 15.2. The summed E-state index contributed by atoms with van der Waals surface area (Å²) in [4.78, 5) is 0. The SMILES string of the molecule is C/C=C(\C)C1=NN=C(C)C1. The second kappa shape index (κ2) is 2.78. The summed E-state index contributed by atoms with van der Waals surface area (Å²) >= 11 is 0. The molecule has 54 valence electrons. The van der Waals surface area contributed by atoms with Gasteiger partial charge < -0.3 is 0 Å². The Morgan fingerprint density at radius 2 is 2.20 bits per heavy atom. The molecule has 0 spiro atoms. The van der Waals surface area contributed by atoms with E-state index in [4.69, 9.17) is 0 Å². The van der Waals surface area contributed by atoms with Crippen LogP contribution in [-0.2, 0) is 0 Å². The summed E-state index contributed by atoms with van der Waals surface area (Å²) in [6, 6.07) is 0. The zero-order chi connectivity index (χ0) is 7.56. The first-order valence-electron chi connectivity index (χ1n) is 3.47. The first kappa shape index (κ1) is 7.19. The molecule has 0 fully saturated rings. The van der Waals surface area contributed by atoms with Gasteiger partial charge in [-0.05, 0) is 26.3 Å². The monoisotopic (exact) mass is 136 g/mol. The smallest absolute Gasteiger partial charge is 0.0713 e. The van der Waals surface area contributed by atoms with E-state index >= 15 is 0 Å². The molecule has 0 amide bonds. The third-order valence-electron chi connectivity index (χ3n) is 1.65. The molecule has 2 nitrogen and oxygen atoms in total. The fourth-order valence-electron chi connectivity index (χ4n) is 0.844. The average Bonchev–Trinajstić information content (AvgIpc) is 2.34. The summed E-state index contributed by atoms with van der Waals surface area (Å²) in [7, 11) is 0. The predicted molar refractivity (Wildman–Crippen MR) is 44.6 cm³/mol. The van der Waals surface area contributed by atoms with Gasteiger partial charge in [-0.25, -0.2) is 0 Å². The first-order chi connectivity index (χ1) is 4.74. The molecule has 0 aromatic rings. The number of allylic oxidation sites excluding steroid dienone is 2. The number of rotatable bonds is 1. The molecule has 0 saturated heterocycles. The molecule has 0 aromatic carbocycles. The molecule has 10 heavy (non-hydrogen) atoms. The summed E-state index contributed by atoms with van der Waals surface area (Å²) in [6.07, 6.45) is 2.99. The molecule has 0 saturated carbocycles.